The first kappa shape index (κ1) is 18.1. The van der Waals surface area contributed by atoms with E-state index in [-0.39, 0.29) is 11.3 Å². The highest BCUT2D eigenvalue weighted by atomic mass is 16.7. The number of amides is 1. The predicted octanol–water partition coefficient (Wildman–Crippen LogP) is -1.29. The lowest BCUT2D eigenvalue weighted by Crippen LogP contribution is -2.65. The molecule has 0 unspecified atom stereocenters. The number of ether oxygens (including phenoxy) is 2. The van der Waals surface area contributed by atoms with Gasteiger partial charge in [0.1, 0.15) is 30.1 Å². The molecule has 1 aliphatic heterocycles. The lowest BCUT2D eigenvalue weighted by molar-refractivity contribution is -0.244. The number of carbonyl (C=O) groups excluding carboxylic acids is 1. The van der Waals surface area contributed by atoms with Gasteiger partial charge in [0.05, 0.1) is 12.2 Å². The first-order valence-corrected chi connectivity index (χ1v) is 7.23. The number of aromatic carboxylic acids is 1. The van der Waals surface area contributed by atoms with Gasteiger partial charge >= 0.3 is 5.97 Å². The normalized spacial score (nSPS) is 29.8. The molecule has 5 N–H and O–H groups in total. The number of carboxylic acid groups (broad SMARTS) is 1. The summed E-state index contributed by atoms with van der Waals surface area (Å²) in [6, 6.07) is 4.36. The third kappa shape index (κ3) is 4.01. The van der Waals surface area contributed by atoms with E-state index in [1.165, 1.54) is 31.2 Å². The summed E-state index contributed by atoms with van der Waals surface area (Å²) in [5.41, 5.74) is 0.0639. The molecule has 0 aliphatic carbocycles. The van der Waals surface area contributed by atoms with Crippen molar-refractivity contribution in [3.8, 4) is 5.75 Å². The van der Waals surface area contributed by atoms with Crippen molar-refractivity contribution in [2.45, 2.75) is 37.6 Å². The number of aliphatic hydroxyl groups excluding tert-OH is 3. The highest BCUT2D eigenvalue weighted by Gasteiger charge is 2.46. The Kier molecular flexibility index (Phi) is 5.73. The molecule has 2 rings (SSSR count). The molecule has 5 atom stereocenters. The molecule has 1 aliphatic rings. The summed E-state index contributed by atoms with van der Waals surface area (Å²) < 4.78 is 10.9. The Morgan fingerprint density at radius 1 is 1.21 bits per heavy atom. The van der Waals surface area contributed by atoms with Gasteiger partial charge in [-0.2, -0.15) is 0 Å². The van der Waals surface area contributed by atoms with Gasteiger partial charge in [0, 0.05) is 6.92 Å². The van der Waals surface area contributed by atoms with Gasteiger partial charge in [-0.05, 0) is 24.3 Å². The minimum atomic E-state index is -1.41. The molecule has 1 aromatic carbocycles. The van der Waals surface area contributed by atoms with Crippen molar-refractivity contribution in [2.75, 3.05) is 6.61 Å². The van der Waals surface area contributed by atoms with E-state index in [9.17, 15) is 24.9 Å². The summed E-state index contributed by atoms with van der Waals surface area (Å²) in [6.07, 6.45) is -5.09. The summed E-state index contributed by atoms with van der Waals surface area (Å²) in [5, 5.41) is 40.6. The molecule has 132 valence electrons. The number of hydrogen-bond acceptors (Lipinski definition) is 7. The highest BCUT2D eigenvalue weighted by Crippen LogP contribution is 2.24. The zero-order chi connectivity index (χ0) is 17.9. The predicted molar refractivity (Wildman–Crippen MR) is 79.4 cm³/mol. The number of carbonyl (C=O) groups is 2. The van der Waals surface area contributed by atoms with Gasteiger partial charge in [-0.25, -0.2) is 4.79 Å². The minimum absolute atomic E-state index is 0.0639. The van der Waals surface area contributed by atoms with Gasteiger partial charge in [0.2, 0.25) is 12.2 Å². The standard InChI is InChI=1S/C15H19NO8/c1-7(18)16-11-13(20)12(19)10(6-17)24-15(11)23-9-4-2-8(3-5-9)14(21)22/h2-5,10-13,15,17,19-20H,6H2,1H3,(H,16,18)(H,21,22)/t10-,11-,12+,13-,15-/m1/s1. The third-order valence-corrected chi connectivity index (χ3v) is 3.60. The van der Waals surface area contributed by atoms with Gasteiger partial charge in [-0.1, -0.05) is 0 Å². The van der Waals surface area contributed by atoms with Gasteiger partial charge in [0.15, 0.2) is 0 Å². The second kappa shape index (κ2) is 7.58. The van der Waals surface area contributed by atoms with Crippen LogP contribution in [-0.4, -0.2) is 69.6 Å². The van der Waals surface area contributed by atoms with E-state index in [0.717, 1.165) is 0 Å². The lowest BCUT2D eigenvalue weighted by Gasteiger charge is -2.42. The molecule has 1 saturated heterocycles. The fourth-order valence-electron chi connectivity index (χ4n) is 2.38. The second-order valence-corrected chi connectivity index (χ2v) is 5.38. The van der Waals surface area contributed by atoms with Crippen LogP contribution in [0.1, 0.15) is 17.3 Å². The zero-order valence-electron chi connectivity index (χ0n) is 12.8. The van der Waals surface area contributed by atoms with Crippen LogP contribution < -0.4 is 10.1 Å². The van der Waals surface area contributed by atoms with Crippen molar-refractivity contribution in [3.63, 3.8) is 0 Å². The molecule has 0 aromatic heterocycles. The van der Waals surface area contributed by atoms with Crippen molar-refractivity contribution < 1.29 is 39.5 Å². The van der Waals surface area contributed by atoms with Crippen molar-refractivity contribution >= 4 is 11.9 Å². The van der Waals surface area contributed by atoms with E-state index >= 15 is 0 Å². The largest absolute Gasteiger partial charge is 0.478 e. The Hall–Kier alpha value is -2.20. The first-order chi connectivity index (χ1) is 11.3. The van der Waals surface area contributed by atoms with Gasteiger partial charge in [-0.15, -0.1) is 0 Å². The molecular formula is C15H19NO8. The van der Waals surface area contributed by atoms with Crippen LogP contribution in [0.4, 0.5) is 0 Å². The highest BCUT2D eigenvalue weighted by molar-refractivity contribution is 5.87. The summed E-state index contributed by atoms with van der Waals surface area (Å²) >= 11 is 0. The maximum Gasteiger partial charge on any atom is 0.335 e. The van der Waals surface area contributed by atoms with E-state index in [1.54, 1.807) is 0 Å². The average molecular weight is 341 g/mol. The van der Waals surface area contributed by atoms with Crippen LogP contribution >= 0.6 is 0 Å². The van der Waals surface area contributed by atoms with Gasteiger partial charge in [0.25, 0.3) is 0 Å². The van der Waals surface area contributed by atoms with Crippen LogP contribution in [0.2, 0.25) is 0 Å². The van der Waals surface area contributed by atoms with E-state index in [1.807, 2.05) is 0 Å². The van der Waals surface area contributed by atoms with Crippen LogP contribution in [-0.2, 0) is 9.53 Å². The van der Waals surface area contributed by atoms with Crippen LogP contribution in [0, 0.1) is 0 Å². The molecule has 9 nitrogen and oxygen atoms in total. The number of aliphatic hydroxyl groups is 3. The van der Waals surface area contributed by atoms with Gasteiger partial charge in [-0.3, -0.25) is 4.79 Å². The number of benzene rings is 1. The number of rotatable bonds is 5. The van der Waals surface area contributed by atoms with Gasteiger partial charge < -0.3 is 35.2 Å². The van der Waals surface area contributed by atoms with Crippen LogP contribution in [0.15, 0.2) is 24.3 Å². The van der Waals surface area contributed by atoms with Crippen molar-refractivity contribution in [3.05, 3.63) is 29.8 Å². The molecule has 0 saturated carbocycles. The second-order valence-electron chi connectivity index (χ2n) is 5.38. The smallest absolute Gasteiger partial charge is 0.335 e. The minimum Gasteiger partial charge on any atom is -0.478 e. The molecule has 1 amide bonds. The van der Waals surface area contributed by atoms with E-state index in [4.69, 9.17) is 14.6 Å². The number of hydrogen-bond donors (Lipinski definition) is 5. The van der Waals surface area contributed by atoms with E-state index < -0.39 is 49.1 Å². The topological polar surface area (TPSA) is 146 Å². The van der Waals surface area contributed by atoms with Crippen LogP contribution in [0.3, 0.4) is 0 Å². The Morgan fingerprint density at radius 3 is 2.33 bits per heavy atom. The summed E-state index contributed by atoms with van der Waals surface area (Å²) in [5.74, 6) is -1.32. The van der Waals surface area contributed by atoms with E-state index in [0.29, 0.717) is 0 Å². The van der Waals surface area contributed by atoms with Crippen molar-refractivity contribution in [2.24, 2.45) is 0 Å². The molecule has 0 radical (unpaired) electrons. The maximum absolute atomic E-state index is 11.3. The molecule has 1 heterocycles. The number of nitrogens with one attached hydrogen (secondary N) is 1. The van der Waals surface area contributed by atoms with Crippen LogP contribution in [0.25, 0.3) is 0 Å². The molecule has 0 bridgehead atoms. The van der Waals surface area contributed by atoms with Crippen molar-refractivity contribution in [1.82, 2.24) is 5.32 Å². The fourth-order valence-corrected chi connectivity index (χ4v) is 2.38. The third-order valence-electron chi connectivity index (χ3n) is 3.60. The van der Waals surface area contributed by atoms with E-state index in [2.05, 4.69) is 5.32 Å². The van der Waals surface area contributed by atoms with Crippen LogP contribution in [0.5, 0.6) is 5.75 Å². The maximum atomic E-state index is 11.3. The molecule has 24 heavy (non-hydrogen) atoms. The quantitative estimate of drug-likeness (QED) is 0.445. The lowest BCUT2D eigenvalue weighted by atomic mass is 9.97. The molecule has 0 spiro atoms. The molecule has 1 fully saturated rings. The average Bonchev–Trinajstić information content (AvgIpc) is 2.54. The summed E-state index contributed by atoms with van der Waals surface area (Å²) in [6.45, 7) is 0.679. The fraction of sp³-hybridized carbons (Fsp3) is 0.467. The molecule has 9 heteroatoms. The Bertz CT molecular complexity index is 590. The molecule has 1 aromatic rings. The molecular weight excluding hydrogens is 322 g/mol. The first-order valence-electron chi connectivity index (χ1n) is 7.23. The zero-order valence-corrected chi connectivity index (χ0v) is 12.8. The summed E-state index contributed by atoms with van der Waals surface area (Å²) in [4.78, 5) is 22.1. The monoisotopic (exact) mass is 341 g/mol. The number of carboxylic acids is 1. The Labute approximate surface area is 137 Å². The summed E-state index contributed by atoms with van der Waals surface area (Å²) in [7, 11) is 0. The van der Waals surface area contributed by atoms with Crippen molar-refractivity contribution in [1.29, 1.82) is 0 Å². The Balaban J connectivity index is 2.19. The Morgan fingerprint density at radius 2 is 1.83 bits per heavy atom. The SMILES string of the molecule is CC(=O)N[C@H]1[C@H](Oc2ccc(C(=O)O)cc2)O[C@H](CO)[C@H](O)[C@@H]1O.